The van der Waals surface area contributed by atoms with Crippen molar-refractivity contribution < 1.29 is 0 Å². The third-order valence-electron chi connectivity index (χ3n) is 4.26. The van der Waals surface area contributed by atoms with Crippen LogP contribution in [0.4, 0.5) is 0 Å². The van der Waals surface area contributed by atoms with Crippen LogP contribution < -0.4 is 10.6 Å². The minimum absolute atomic E-state index is 0.433. The van der Waals surface area contributed by atoms with E-state index in [1.54, 1.807) is 0 Å². The standard InChI is InChI=1S/C16H26N2/c1-12(2)13-5-7-14(8-6-13)15(18-4)16(9-10-16)11-17-3/h5-8,12,15,17-18H,9-11H2,1-4H3. The van der Waals surface area contributed by atoms with Gasteiger partial charge in [-0.3, -0.25) is 0 Å². The molecule has 0 radical (unpaired) electrons. The zero-order valence-corrected chi connectivity index (χ0v) is 12.1. The summed E-state index contributed by atoms with van der Waals surface area (Å²) in [4.78, 5) is 0. The largest absolute Gasteiger partial charge is 0.319 e. The van der Waals surface area contributed by atoms with Crippen molar-refractivity contribution >= 4 is 0 Å². The van der Waals surface area contributed by atoms with Crippen molar-refractivity contribution in [2.24, 2.45) is 5.41 Å². The van der Waals surface area contributed by atoms with Crippen LogP contribution in [0.1, 0.15) is 49.8 Å². The van der Waals surface area contributed by atoms with Gasteiger partial charge < -0.3 is 10.6 Å². The fourth-order valence-corrected chi connectivity index (χ4v) is 2.98. The Morgan fingerprint density at radius 1 is 1.06 bits per heavy atom. The molecular formula is C16H26N2. The molecule has 1 aliphatic carbocycles. The van der Waals surface area contributed by atoms with E-state index in [2.05, 4.69) is 62.8 Å². The molecule has 0 amide bonds. The summed E-state index contributed by atoms with van der Waals surface area (Å²) in [7, 11) is 4.13. The molecule has 1 unspecified atom stereocenters. The molecule has 1 fully saturated rings. The van der Waals surface area contributed by atoms with Crippen molar-refractivity contribution in [2.45, 2.75) is 38.6 Å². The van der Waals surface area contributed by atoms with Gasteiger partial charge in [-0.25, -0.2) is 0 Å². The second-order valence-corrected chi connectivity index (χ2v) is 5.94. The van der Waals surface area contributed by atoms with E-state index in [4.69, 9.17) is 0 Å². The lowest BCUT2D eigenvalue weighted by molar-refractivity contribution is 0.347. The van der Waals surface area contributed by atoms with Gasteiger partial charge in [0, 0.05) is 18.0 Å². The first-order valence-corrected chi connectivity index (χ1v) is 7.04. The monoisotopic (exact) mass is 246 g/mol. The molecule has 2 N–H and O–H groups in total. The second kappa shape index (κ2) is 5.41. The summed E-state index contributed by atoms with van der Waals surface area (Å²) in [6, 6.07) is 9.63. The Morgan fingerprint density at radius 2 is 1.61 bits per heavy atom. The van der Waals surface area contributed by atoms with Gasteiger partial charge in [-0.2, -0.15) is 0 Å². The molecule has 0 bridgehead atoms. The van der Waals surface area contributed by atoms with Gasteiger partial charge in [-0.15, -0.1) is 0 Å². The van der Waals surface area contributed by atoms with Gasteiger partial charge in [0.1, 0.15) is 0 Å². The highest BCUT2D eigenvalue weighted by Gasteiger charge is 2.48. The highest BCUT2D eigenvalue weighted by atomic mass is 15.0. The summed E-state index contributed by atoms with van der Waals surface area (Å²) in [5, 5.41) is 6.86. The Kier molecular flexibility index (Phi) is 4.08. The fraction of sp³-hybridized carbons (Fsp3) is 0.625. The normalized spacial score (nSPS) is 18.9. The molecule has 0 aliphatic heterocycles. The van der Waals surface area contributed by atoms with Gasteiger partial charge in [0.2, 0.25) is 0 Å². The van der Waals surface area contributed by atoms with Gasteiger partial charge in [-0.05, 0) is 44.0 Å². The van der Waals surface area contributed by atoms with E-state index < -0.39 is 0 Å². The number of hydrogen-bond acceptors (Lipinski definition) is 2. The van der Waals surface area contributed by atoms with Crippen LogP contribution >= 0.6 is 0 Å². The lowest BCUT2D eigenvalue weighted by Gasteiger charge is -2.27. The van der Waals surface area contributed by atoms with Gasteiger partial charge in [0.25, 0.3) is 0 Å². The zero-order chi connectivity index (χ0) is 13.2. The molecule has 1 aliphatic rings. The summed E-state index contributed by atoms with van der Waals surface area (Å²) in [5.41, 5.74) is 3.28. The van der Waals surface area contributed by atoms with Crippen molar-refractivity contribution in [3.05, 3.63) is 35.4 Å². The Morgan fingerprint density at radius 3 is 2.00 bits per heavy atom. The molecule has 0 saturated heterocycles. The maximum atomic E-state index is 3.51. The first-order valence-electron chi connectivity index (χ1n) is 7.04. The maximum absolute atomic E-state index is 3.51. The van der Waals surface area contributed by atoms with Crippen LogP contribution in [-0.2, 0) is 0 Å². The van der Waals surface area contributed by atoms with E-state index in [0.29, 0.717) is 17.4 Å². The third-order valence-corrected chi connectivity index (χ3v) is 4.26. The molecule has 18 heavy (non-hydrogen) atoms. The molecular weight excluding hydrogens is 220 g/mol. The number of nitrogens with one attached hydrogen (secondary N) is 2. The van der Waals surface area contributed by atoms with Crippen molar-refractivity contribution in [3.63, 3.8) is 0 Å². The molecule has 0 aromatic heterocycles. The molecule has 2 heteroatoms. The van der Waals surface area contributed by atoms with Crippen LogP contribution in [0.25, 0.3) is 0 Å². The average molecular weight is 246 g/mol. The summed E-state index contributed by atoms with van der Waals surface area (Å²) < 4.78 is 0. The van der Waals surface area contributed by atoms with Crippen LogP contribution in [0.15, 0.2) is 24.3 Å². The van der Waals surface area contributed by atoms with Gasteiger partial charge in [0.15, 0.2) is 0 Å². The minimum Gasteiger partial charge on any atom is -0.319 e. The predicted octanol–water partition coefficient (Wildman–Crippen LogP) is 3.07. The Labute approximate surface area is 111 Å². The van der Waals surface area contributed by atoms with Crippen LogP contribution in [-0.4, -0.2) is 20.6 Å². The molecule has 100 valence electrons. The summed E-state index contributed by atoms with van der Waals surface area (Å²) in [6.45, 7) is 5.59. The van der Waals surface area contributed by atoms with Crippen molar-refractivity contribution in [2.75, 3.05) is 20.6 Å². The average Bonchev–Trinajstić information content (AvgIpc) is 3.12. The van der Waals surface area contributed by atoms with E-state index in [9.17, 15) is 0 Å². The predicted molar refractivity (Wildman–Crippen MR) is 77.9 cm³/mol. The first-order chi connectivity index (χ1) is 8.63. The second-order valence-electron chi connectivity index (χ2n) is 5.94. The highest BCUT2D eigenvalue weighted by Crippen LogP contribution is 2.54. The molecule has 2 rings (SSSR count). The smallest absolute Gasteiger partial charge is 0.0386 e. The Hall–Kier alpha value is -0.860. The zero-order valence-electron chi connectivity index (χ0n) is 12.1. The molecule has 2 nitrogen and oxygen atoms in total. The van der Waals surface area contributed by atoms with E-state index in [1.165, 1.54) is 24.0 Å². The fourth-order valence-electron chi connectivity index (χ4n) is 2.98. The minimum atomic E-state index is 0.433. The van der Waals surface area contributed by atoms with E-state index in [1.807, 2.05) is 0 Å². The van der Waals surface area contributed by atoms with Crippen molar-refractivity contribution in [1.29, 1.82) is 0 Å². The highest BCUT2D eigenvalue weighted by molar-refractivity contribution is 5.29. The van der Waals surface area contributed by atoms with E-state index >= 15 is 0 Å². The Balaban J connectivity index is 2.18. The van der Waals surface area contributed by atoms with Crippen LogP contribution in [0.2, 0.25) is 0 Å². The van der Waals surface area contributed by atoms with Crippen LogP contribution in [0.5, 0.6) is 0 Å². The quantitative estimate of drug-likeness (QED) is 0.806. The van der Waals surface area contributed by atoms with Crippen LogP contribution in [0.3, 0.4) is 0 Å². The summed E-state index contributed by atoms with van der Waals surface area (Å²) in [5.74, 6) is 0.610. The topological polar surface area (TPSA) is 24.1 Å². The van der Waals surface area contributed by atoms with E-state index in [0.717, 1.165) is 6.54 Å². The van der Waals surface area contributed by atoms with Crippen molar-refractivity contribution in [1.82, 2.24) is 10.6 Å². The number of benzene rings is 1. The third kappa shape index (κ3) is 2.60. The summed E-state index contributed by atoms with van der Waals surface area (Å²) in [6.07, 6.45) is 2.65. The van der Waals surface area contributed by atoms with E-state index in [-0.39, 0.29) is 0 Å². The molecule has 1 aromatic carbocycles. The van der Waals surface area contributed by atoms with Gasteiger partial charge in [0.05, 0.1) is 0 Å². The first kappa shape index (κ1) is 13.6. The molecule has 0 spiro atoms. The molecule has 1 aromatic rings. The lowest BCUT2D eigenvalue weighted by atomic mass is 9.88. The van der Waals surface area contributed by atoms with Gasteiger partial charge in [-0.1, -0.05) is 38.1 Å². The Bertz CT molecular complexity index is 377. The number of rotatable bonds is 6. The molecule has 1 atom stereocenters. The number of hydrogen-bond donors (Lipinski definition) is 2. The van der Waals surface area contributed by atoms with Crippen LogP contribution in [0, 0.1) is 5.41 Å². The maximum Gasteiger partial charge on any atom is 0.0386 e. The molecule has 1 saturated carbocycles. The van der Waals surface area contributed by atoms with Gasteiger partial charge >= 0.3 is 0 Å². The van der Waals surface area contributed by atoms with Crippen molar-refractivity contribution in [3.8, 4) is 0 Å². The molecule has 0 heterocycles. The lowest BCUT2D eigenvalue weighted by Crippen LogP contribution is -2.33. The SMILES string of the molecule is CNCC1(C(NC)c2ccc(C(C)C)cc2)CC1. The summed E-state index contributed by atoms with van der Waals surface area (Å²) >= 11 is 0.